The Morgan fingerprint density at radius 2 is 1.17 bits per heavy atom. The maximum absolute atomic E-state index is 2.19. The Bertz CT molecular complexity index is 21.0. The van der Waals surface area contributed by atoms with Gasteiger partial charge in [0.1, 0.15) is 0 Å². The van der Waals surface area contributed by atoms with Crippen LogP contribution in [0.4, 0.5) is 0 Å². The summed E-state index contributed by atoms with van der Waals surface area (Å²) in [5.74, 6) is 0. The first-order valence-electron chi connectivity index (χ1n) is 2.00. The average Bonchev–Trinajstić information content (AvgIpc) is 0.722. The molecule has 0 rings (SSSR count). The molecule has 0 spiro atoms. The van der Waals surface area contributed by atoms with Crippen LogP contribution in [0.1, 0.15) is 20.8 Å². The first-order valence-corrected chi connectivity index (χ1v) is 2.00. The van der Waals surface area contributed by atoms with Gasteiger partial charge < -0.3 is 0 Å². The minimum atomic E-state index is 0. The topological polar surface area (TPSA) is 0 Å². The van der Waals surface area contributed by atoms with E-state index in [1.54, 1.807) is 0 Å². The van der Waals surface area contributed by atoms with Crippen molar-refractivity contribution in [1.29, 1.82) is 0 Å². The molecule has 0 amide bonds. The molecular weight excluding hydrogens is 61.9 g/mol. The SMILES string of the molecule is [LiH].[Li][C](C)(C)C. The molecule has 0 aromatic heterocycles. The predicted molar refractivity (Wildman–Crippen MR) is 32.6 cm³/mol. The molecule has 6 heavy (non-hydrogen) atoms. The molecule has 0 aliphatic heterocycles. The summed E-state index contributed by atoms with van der Waals surface area (Å²) in [6, 6.07) is 0. The normalized spacial score (nSPS) is 10.2. The summed E-state index contributed by atoms with van der Waals surface area (Å²) in [4.78, 5) is 0. The summed E-state index contributed by atoms with van der Waals surface area (Å²) in [7, 11) is 0. The Hall–Kier alpha value is 1.19. The van der Waals surface area contributed by atoms with Crippen LogP contribution in [-0.4, -0.2) is 36.6 Å². The number of hydrogen-bond donors (Lipinski definition) is 0. The van der Waals surface area contributed by atoms with Crippen LogP contribution in [-0.2, 0) is 0 Å². The van der Waals surface area contributed by atoms with Gasteiger partial charge in [0, 0.05) is 0 Å². The van der Waals surface area contributed by atoms with Gasteiger partial charge in [0.2, 0.25) is 0 Å². The van der Waals surface area contributed by atoms with Crippen LogP contribution < -0.4 is 0 Å². The van der Waals surface area contributed by atoms with Crippen molar-refractivity contribution in [1.82, 2.24) is 0 Å². The molecular formula is C4H10Li2. The quantitative estimate of drug-likeness (QED) is 0.370. The van der Waals surface area contributed by atoms with Crippen LogP contribution in [0, 0.1) is 0 Å². The van der Waals surface area contributed by atoms with Crippen molar-refractivity contribution in [2.24, 2.45) is 0 Å². The van der Waals surface area contributed by atoms with Crippen LogP contribution in [0.3, 0.4) is 0 Å². The van der Waals surface area contributed by atoms with E-state index in [9.17, 15) is 0 Å². The average molecular weight is 72.0 g/mol. The van der Waals surface area contributed by atoms with Crippen molar-refractivity contribution in [3.63, 3.8) is 0 Å². The van der Waals surface area contributed by atoms with E-state index in [1.165, 1.54) is 0 Å². The molecule has 0 aromatic carbocycles. The molecule has 0 aromatic rings. The molecule has 0 radical (unpaired) electrons. The fourth-order valence-electron chi connectivity index (χ4n) is 0. The molecule has 0 aliphatic rings. The van der Waals surface area contributed by atoms with Gasteiger partial charge >= 0.3 is 61.4 Å². The van der Waals surface area contributed by atoms with E-state index >= 15 is 0 Å². The third-order valence-electron chi connectivity index (χ3n) is 0. The van der Waals surface area contributed by atoms with E-state index in [-0.39, 0.29) is 18.9 Å². The number of hydrogen-bond acceptors (Lipinski definition) is 0. The molecule has 0 saturated carbocycles. The van der Waals surface area contributed by atoms with Crippen molar-refractivity contribution in [2.75, 3.05) is 0 Å². The van der Waals surface area contributed by atoms with E-state index in [4.69, 9.17) is 0 Å². The Kier molecular flexibility index (Phi) is 5.51. The Balaban J connectivity index is 0. The van der Waals surface area contributed by atoms with Gasteiger partial charge in [-0.3, -0.25) is 0 Å². The van der Waals surface area contributed by atoms with Gasteiger partial charge in [-0.1, -0.05) is 0 Å². The van der Waals surface area contributed by atoms with Gasteiger partial charge in [-0.25, -0.2) is 0 Å². The second-order valence-corrected chi connectivity index (χ2v) is 3.00. The number of rotatable bonds is 0. The van der Waals surface area contributed by atoms with Gasteiger partial charge in [0.15, 0.2) is 0 Å². The second kappa shape index (κ2) is 3.23. The van der Waals surface area contributed by atoms with Crippen LogP contribution in [0.15, 0.2) is 0 Å². The van der Waals surface area contributed by atoms with Gasteiger partial charge in [-0.15, -0.1) is 0 Å². The zero-order valence-corrected chi connectivity index (χ0v) is 4.50. The fourth-order valence-corrected chi connectivity index (χ4v) is 0. The molecule has 0 nitrogen and oxygen atoms in total. The van der Waals surface area contributed by atoms with E-state index in [0.29, 0.717) is 4.09 Å². The zero-order chi connectivity index (χ0) is 4.50. The maximum atomic E-state index is 2.19. The molecule has 0 saturated heterocycles. The van der Waals surface area contributed by atoms with E-state index in [0.717, 1.165) is 0 Å². The molecule has 28 valence electrons. The summed E-state index contributed by atoms with van der Waals surface area (Å²) in [5.41, 5.74) is 0. The molecule has 0 aliphatic carbocycles. The monoisotopic (exact) mass is 72.1 g/mol. The molecule has 0 unspecified atom stereocenters. The summed E-state index contributed by atoms with van der Waals surface area (Å²) in [6.07, 6.45) is 0. The molecule has 2 heteroatoms. The zero-order valence-electron chi connectivity index (χ0n) is 4.50. The van der Waals surface area contributed by atoms with Crippen LogP contribution in [0.25, 0.3) is 0 Å². The summed E-state index contributed by atoms with van der Waals surface area (Å²) in [5, 5.41) is 0. The third-order valence-corrected chi connectivity index (χ3v) is 0. The van der Waals surface area contributed by atoms with E-state index in [1.807, 2.05) is 0 Å². The molecule has 0 heterocycles. The van der Waals surface area contributed by atoms with E-state index in [2.05, 4.69) is 38.5 Å². The Morgan fingerprint density at radius 1 is 1.17 bits per heavy atom. The van der Waals surface area contributed by atoms with Crippen LogP contribution >= 0.6 is 0 Å². The van der Waals surface area contributed by atoms with Crippen LogP contribution in [0.2, 0.25) is 4.09 Å². The summed E-state index contributed by atoms with van der Waals surface area (Å²) >= 11 is 2.19. The third kappa shape index (κ3) is 64.0. The van der Waals surface area contributed by atoms with Crippen molar-refractivity contribution in [3.05, 3.63) is 0 Å². The first-order chi connectivity index (χ1) is 2.00. The van der Waals surface area contributed by atoms with E-state index < -0.39 is 0 Å². The van der Waals surface area contributed by atoms with Crippen molar-refractivity contribution in [3.8, 4) is 0 Å². The second-order valence-electron chi connectivity index (χ2n) is 3.00. The standard InChI is InChI=1S/C4H9.2Li.H/c1-4(2)3;;;/h1-3H3;;;. The molecule has 0 fully saturated rings. The van der Waals surface area contributed by atoms with Crippen molar-refractivity contribution >= 4 is 36.6 Å². The van der Waals surface area contributed by atoms with Gasteiger partial charge in [-0.2, -0.15) is 0 Å². The minimum absolute atomic E-state index is 0. The van der Waals surface area contributed by atoms with Crippen molar-refractivity contribution < 1.29 is 0 Å². The summed E-state index contributed by atoms with van der Waals surface area (Å²) in [6.45, 7) is 6.56. The molecule has 0 N–H and O–H groups in total. The first kappa shape index (κ1) is 10.2. The summed E-state index contributed by atoms with van der Waals surface area (Å²) < 4.78 is 0.500. The Morgan fingerprint density at radius 3 is 1.17 bits per heavy atom. The molecule has 0 bridgehead atoms. The fraction of sp³-hybridized carbons (Fsp3) is 1.00. The van der Waals surface area contributed by atoms with Gasteiger partial charge in [0.25, 0.3) is 0 Å². The van der Waals surface area contributed by atoms with Gasteiger partial charge in [-0.05, 0) is 0 Å². The van der Waals surface area contributed by atoms with Gasteiger partial charge in [0.05, 0.1) is 0 Å². The van der Waals surface area contributed by atoms with Crippen LogP contribution in [0.5, 0.6) is 0 Å². The molecule has 0 atom stereocenters. The van der Waals surface area contributed by atoms with Crippen molar-refractivity contribution in [2.45, 2.75) is 24.9 Å². The Labute approximate surface area is 61.5 Å². The predicted octanol–water partition coefficient (Wildman–Crippen LogP) is 0.725.